The molecular weight excluding hydrogens is 311 g/mol. The van der Waals surface area contributed by atoms with E-state index in [4.69, 9.17) is 9.22 Å². The van der Waals surface area contributed by atoms with Crippen molar-refractivity contribution in [1.82, 2.24) is 0 Å². The minimum absolute atomic E-state index is 0.405. The second-order valence-electron chi connectivity index (χ2n) is 4.32. The van der Waals surface area contributed by atoms with Crippen molar-refractivity contribution >= 4 is 19.6 Å². The van der Waals surface area contributed by atoms with E-state index in [9.17, 15) is 0 Å². The molecule has 0 aromatic rings. The van der Waals surface area contributed by atoms with Crippen molar-refractivity contribution in [2.75, 3.05) is 13.2 Å². The van der Waals surface area contributed by atoms with Crippen molar-refractivity contribution in [3.05, 3.63) is 0 Å². The summed E-state index contributed by atoms with van der Waals surface area (Å²) in [5.74, 6) is 0. The molecule has 0 saturated carbocycles. The van der Waals surface area contributed by atoms with Crippen LogP contribution in [0.1, 0.15) is 52.9 Å². The van der Waals surface area contributed by atoms with Crippen LogP contribution in [0.2, 0.25) is 4.44 Å². The molecule has 1 unspecified atom stereocenters. The summed E-state index contributed by atoms with van der Waals surface area (Å²) < 4.78 is 19.1. The zero-order chi connectivity index (χ0) is 11.9. The summed E-state index contributed by atoms with van der Waals surface area (Å²) in [4.78, 5) is 0. The van der Waals surface area contributed by atoms with Crippen molar-refractivity contribution in [1.29, 1.82) is 0 Å². The number of rotatable bonds is 7. The normalized spacial score (nSPS) is 24.6. The molecule has 0 amide bonds. The molecule has 0 N–H and O–H groups in total. The van der Waals surface area contributed by atoms with E-state index in [1.807, 2.05) is 13.8 Å². The third-order valence-corrected chi connectivity index (χ3v) is 11.9. The molecule has 16 heavy (non-hydrogen) atoms. The van der Waals surface area contributed by atoms with E-state index >= 15 is 0 Å². The molecule has 0 spiro atoms. The predicted octanol–water partition coefficient (Wildman–Crippen LogP) is 3.37. The van der Waals surface area contributed by atoms with Crippen LogP contribution in [0.15, 0.2) is 0 Å². The van der Waals surface area contributed by atoms with Crippen LogP contribution in [0.25, 0.3) is 0 Å². The van der Waals surface area contributed by atoms with Gasteiger partial charge < -0.3 is 0 Å². The van der Waals surface area contributed by atoms with Gasteiger partial charge in [-0.15, -0.1) is 0 Å². The molecule has 4 heteroatoms. The van der Waals surface area contributed by atoms with Crippen molar-refractivity contribution < 1.29 is 9.22 Å². The second kappa shape index (κ2) is 7.90. The number of hydrogen-bond donors (Lipinski definition) is 0. The number of unbranched alkanes of at least 4 members (excludes halogenated alkanes) is 1. The Hall–Kier alpha value is 0.679. The van der Waals surface area contributed by atoms with Gasteiger partial charge in [0.15, 0.2) is 0 Å². The molecule has 0 aromatic carbocycles. The van der Waals surface area contributed by atoms with Crippen LogP contribution >= 0.6 is 0 Å². The van der Waals surface area contributed by atoms with Crippen LogP contribution < -0.4 is 0 Å². The summed E-state index contributed by atoms with van der Waals surface area (Å²) in [5.41, 5.74) is 0. The van der Waals surface area contributed by atoms with Crippen LogP contribution in [-0.2, 0) is 9.22 Å². The van der Waals surface area contributed by atoms with E-state index in [2.05, 4.69) is 6.92 Å². The van der Waals surface area contributed by atoms with Crippen molar-refractivity contribution in [2.45, 2.75) is 63.4 Å². The molecule has 0 radical (unpaired) electrons. The van der Waals surface area contributed by atoms with Crippen LogP contribution in [0.5, 0.6) is 0 Å². The molecule has 3 nitrogen and oxygen atoms in total. The molecule has 0 aliphatic carbocycles. The zero-order valence-corrected chi connectivity index (χ0v) is 13.8. The van der Waals surface area contributed by atoms with Crippen LogP contribution in [0.3, 0.4) is 0 Å². The maximum absolute atomic E-state index is 6.22. The molecule has 1 fully saturated rings. The summed E-state index contributed by atoms with van der Waals surface area (Å²) in [7, 11) is 0. The second-order valence-corrected chi connectivity index (χ2v) is 12.0. The molecule has 96 valence electrons. The third kappa shape index (κ3) is 4.51. The van der Waals surface area contributed by atoms with Crippen molar-refractivity contribution in [2.24, 2.45) is 0 Å². The average molecular weight is 337 g/mol. The Balaban J connectivity index is 2.48. The van der Waals surface area contributed by atoms with Gasteiger partial charge in [0.2, 0.25) is 0 Å². The standard InChI is InChI=1S/C8H16O.2C2H5O.Sn/c1-3-5-7-8(9)6-4-2;2*1-2-3;/h8H,2-7H2,1H3;2*2H2,1H3;/q3*-1;+3. The van der Waals surface area contributed by atoms with Crippen LogP contribution in [0, 0.1) is 0 Å². The molecular formula is C12H26O3Sn. The average Bonchev–Trinajstić information content (AvgIpc) is 2.27. The summed E-state index contributed by atoms with van der Waals surface area (Å²) in [6.45, 7) is 7.77. The molecule has 1 aliphatic rings. The van der Waals surface area contributed by atoms with Gasteiger partial charge in [0.05, 0.1) is 0 Å². The van der Waals surface area contributed by atoms with Crippen molar-refractivity contribution in [3.8, 4) is 0 Å². The first-order valence-corrected chi connectivity index (χ1v) is 12.2. The van der Waals surface area contributed by atoms with Gasteiger partial charge in [-0.2, -0.15) is 0 Å². The maximum atomic E-state index is 6.22. The minimum atomic E-state index is -3.09. The van der Waals surface area contributed by atoms with Gasteiger partial charge in [-0.1, -0.05) is 0 Å². The van der Waals surface area contributed by atoms with Crippen LogP contribution in [0.4, 0.5) is 0 Å². The Morgan fingerprint density at radius 1 is 1.19 bits per heavy atom. The van der Waals surface area contributed by atoms with Gasteiger partial charge in [-0.3, -0.25) is 0 Å². The monoisotopic (exact) mass is 338 g/mol. The predicted molar refractivity (Wildman–Crippen MR) is 67.4 cm³/mol. The summed E-state index contributed by atoms with van der Waals surface area (Å²) in [6.07, 6.45) is 6.50. The molecule has 0 bridgehead atoms. The van der Waals surface area contributed by atoms with Gasteiger partial charge in [0.1, 0.15) is 0 Å². The first-order valence-electron chi connectivity index (χ1n) is 6.72. The first kappa shape index (κ1) is 14.7. The van der Waals surface area contributed by atoms with Gasteiger partial charge in [-0.05, 0) is 0 Å². The fourth-order valence-corrected chi connectivity index (χ4v) is 10.5. The van der Waals surface area contributed by atoms with E-state index in [-0.39, 0.29) is 0 Å². The Labute approximate surface area is 105 Å². The molecule has 1 heterocycles. The van der Waals surface area contributed by atoms with E-state index in [1.165, 1.54) is 32.1 Å². The van der Waals surface area contributed by atoms with Gasteiger partial charge in [0.25, 0.3) is 0 Å². The Kier molecular flexibility index (Phi) is 7.28. The Morgan fingerprint density at radius 2 is 1.88 bits per heavy atom. The molecule has 1 atom stereocenters. The van der Waals surface area contributed by atoms with E-state index in [0.29, 0.717) is 6.10 Å². The van der Waals surface area contributed by atoms with Gasteiger partial charge in [-0.25, -0.2) is 0 Å². The quantitative estimate of drug-likeness (QED) is 0.667. The third-order valence-electron chi connectivity index (χ3n) is 2.96. The number of hydrogen-bond acceptors (Lipinski definition) is 3. The molecule has 1 aliphatic heterocycles. The van der Waals surface area contributed by atoms with Gasteiger partial charge in [0, 0.05) is 0 Å². The van der Waals surface area contributed by atoms with Crippen molar-refractivity contribution in [3.63, 3.8) is 0 Å². The first-order chi connectivity index (χ1) is 7.76. The fourth-order valence-electron chi connectivity index (χ4n) is 2.25. The Bertz CT molecular complexity index is 176. The van der Waals surface area contributed by atoms with E-state index in [0.717, 1.165) is 17.7 Å². The zero-order valence-electron chi connectivity index (χ0n) is 11.0. The van der Waals surface area contributed by atoms with Gasteiger partial charge >= 0.3 is 105 Å². The molecule has 0 aromatic heterocycles. The summed E-state index contributed by atoms with van der Waals surface area (Å²) in [6, 6.07) is 0. The summed E-state index contributed by atoms with van der Waals surface area (Å²) in [5, 5.41) is 0. The topological polar surface area (TPSA) is 27.7 Å². The van der Waals surface area contributed by atoms with E-state index < -0.39 is 19.6 Å². The molecule has 1 rings (SSSR count). The Morgan fingerprint density at radius 3 is 2.44 bits per heavy atom. The SMILES string of the molecule is CCCCC1CC[CH2][Sn]([O]CC)([O]CC)[O]1. The van der Waals surface area contributed by atoms with E-state index in [1.54, 1.807) is 0 Å². The molecule has 1 saturated heterocycles. The fraction of sp³-hybridized carbons (Fsp3) is 1.00. The summed E-state index contributed by atoms with van der Waals surface area (Å²) >= 11 is -3.09. The van der Waals surface area contributed by atoms with Crippen LogP contribution in [-0.4, -0.2) is 38.9 Å².